The molecule has 0 aliphatic carbocycles. The topological polar surface area (TPSA) is 61.5 Å². The summed E-state index contributed by atoms with van der Waals surface area (Å²) < 4.78 is 9.77. The van der Waals surface area contributed by atoms with Gasteiger partial charge in [-0.3, -0.25) is 4.79 Å². The minimum absolute atomic E-state index is 0. The Morgan fingerprint density at radius 1 is 1.41 bits per heavy atom. The van der Waals surface area contributed by atoms with E-state index in [-0.39, 0.29) is 12.4 Å². The summed E-state index contributed by atoms with van der Waals surface area (Å²) >= 11 is 0. The average Bonchev–Trinajstić information content (AvgIpc) is 2.30. The van der Waals surface area contributed by atoms with Crippen LogP contribution < -0.4 is 10.5 Å². The molecule has 1 aromatic rings. The van der Waals surface area contributed by atoms with Crippen molar-refractivity contribution >= 4 is 18.4 Å². The van der Waals surface area contributed by atoms with Crippen LogP contribution in [0.2, 0.25) is 0 Å². The molecule has 0 radical (unpaired) electrons. The molecule has 0 aromatic heterocycles. The number of carbonyl (C=O) groups is 1. The monoisotopic (exact) mass is 259 g/mol. The highest BCUT2D eigenvalue weighted by Gasteiger charge is 2.14. The van der Waals surface area contributed by atoms with Crippen molar-refractivity contribution < 1.29 is 14.3 Å². The van der Waals surface area contributed by atoms with E-state index in [1.54, 1.807) is 7.11 Å². The molecule has 4 nitrogen and oxygen atoms in total. The zero-order valence-corrected chi connectivity index (χ0v) is 11.0. The largest absolute Gasteiger partial charge is 0.496 e. The third-order valence-electron chi connectivity index (χ3n) is 2.43. The normalized spacial score (nSPS) is 11.3. The molecule has 0 bridgehead atoms. The van der Waals surface area contributed by atoms with Gasteiger partial charge in [-0.1, -0.05) is 12.1 Å². The zero-order chi connectivity index (χ0) is 12.1. The van der Waals surface area contributed by atoms with Crippen LogP contribution in [0.15, 0.2) is 18.2 Å². The molecule has 0 unspecified atom stereocenters. The second-order valence-corrected chi connectivity index (χ2v) is 3.64. The highest BCUT2D eigenvalue weighted by atomic mass is 35.5. The first-order chi connectivity index (χ1) is 7.58. The van der Waals surface area contributed by atoms with Gasteiger partial charge in [0.1, 0.15) is 11.8 Å². The maximum Gasteiger partial charge on any atom is 0.322 e. The first-order valence-electron chi connectivity index (χ1n) is 5.05. The summed E-state index contributed by atoms with van der Waals surface area (Å²) in [5, 5.41) is 0. The maximum atomic E-state index is 11.2. The Labute approximate surface area is 108 Å². The summed E-state index contributed by atoms with van der Waals surface area (Å²) in [4.78, 5) is 11.2. The molecule has 0 aliphatic rings. The number of ether oxygens (including phenoxy) is 2. The fourth-order valence-corrected chi connectivity index (χ4v) is 1.48. The third-order valence-corrected chi connectivity index (χ3v) is 2.43. The van der Waals surface area contributed by atoms with Crippen LogP contribution in [-0.2, 0) is 16.0 Å². The van der Waals surface area contributed by atoms with E-state index in [9.17, 15) is 4.79 Å². The lowest BCUT2D eigenvalue weighted by Gasteiger charge is -2.11. The van der Waals surface area contributed by atoms with Gasteiger partial charge in [0.25, 0.3) is 0 Å². The number of benzene rings is 1. The molecule has 0 spiro atoms. The fraction of sp³-hybridized carbons (Fsp3) is 0.417. The molecular weight excluding hydrogens is 242 g/mol. The van der Waals surface area contributed by atoms with Crippen molar-refractivity contribution in [3.05, 3.63) is 29.3 Å². The molecule has 5 heteroatoms. The average molecular weight is 260 g/mol. The second kappa shape index (κ2) is 7.14. The lowest BCUT2D eigenvalue weighted by molar-refractivity contribution is -0.142. The smallest absolute Gasteiger partial charge is 0.322 e. The minimum Gasteiger partial charge on any atom is -0.496 e. The van der Waals surface area contributed by atoms with E-state index in [1.807, 2.05) is 25.1 Å². The van der Waals surface area contributed by atoms with E-state index in [4.69, 9.17) is 10.5 Å². The predicted molar refractivity (Wildman–Crippen MR) is 68.7 cm³/mol. The Hall–Kier alpha value is -1.26. The Morgan fingerprint density at radius 2 is 2.06 bits per heavy atom. The van der Waals surface area contributed by atoms with Gasteiger partial charge in [0.05, 0.1) is 14.2 Å². The quantitative estimate of drug-likeness (QED) is 0.832. The van der Waals surface area contributed by atoms with Crippen LogP contribution in [0.1, 0.15) is 11.1 Å². The Morgan fingerprint density at radius 3 is 2.59 bits per heavy atom. The Bertz CT molecular complexity index is 382. The number of methoxy groups -OCH3 is 2. The molecule has 0 aliphatic heterocycles. The van der Waals surface area contributed by atoms with E-state index in [1.165, 1.54) is 7.11 Å². The van der Waals surface area contributed by atoms with Gasteiger partial charge in [-0.2, -0.15) is 0 Å². The van der Waals surface area contributed by atoms with Crippen LogP contribution in [0.5, 0.6) is 5.75 Å². The SMILES string of the molecule is COC(=O)[C@H](N)Cc1ccc(C)c(OC)c1.Cl. The van der Waals surface area contributed by atoms with E-state index < -0.39 is 12.0 Å². The lowest BCUT2D eigenvalue weighted by Crippen LogP contribution is -2.33. The number of hydrogen-bond acceptors (Lipinski definition) is 4. The lowest BCUT2D eigenvalue weighted by atomic mass is 10.0. The van der Waals surface area contributed by atoms with Crippen molar-refractivity contribution in [3.8, 4) is 5.75 Å². The van der Waals surface area contributed by atoms with Crippen LogP contribution in [0, 0.1) is 6.92 Å². The summed E-state index contributed by atoms with van der Waals surface area (Å²) in [6, 6.07) is 5.13. The summed E-state index contributed by atoms with van der Waals surface area (Å²) in [7, 11) is 2.95. The number of nitrogens with two attached hydrogens (primary N) is 1. The molecular formula is C12H18ClNO3. The highest BCUT2D eigenvalue weighted by molar-refractivity contribution is 5.85. The van der Waals surface area contributed by atoms with Gasteiger partial charge in [-0.15, -0.1) is 12.4 Å². The number of carbonyl (C=O) groups excluding carboxylic acids is 1. The first-order valence-corrected chi connectivity index (χ1v) is 5.05. The van der Waals surface area contributed by atoms with Gasteiger partial charge in [-0.05, 0) is 30.5 Å². The van der Waals surface area contributed by atoms with Gasteiger partial charge >= 0.3 is 5.97 Å². The van der Waals surface area contributed by atoms with Crippen LogP contribution in [0.3, 0.4) is 0 Å². The molecule has 2 N–H and O–H groups in total. The fourth-order valence-electron chi connectivity index (χ4n) is 1.48. The molecule has 96 valence electrons. The van der Waals surface area contributed by atoms with Crippen molar-refractivity contribution in [1.29, 1.82) is 0 Å². The van der Waals surface area contributed by atoms with Gasteiger partial charge < -0.3 is 15.2 Å². The number of esters is 1. The second-order valence-electron chi connectivity index (χ2n) is 3.64. The number of halogens is 1. The van der Waals surface area contributed by atoms with Crippen LogP contribution in [0.25, 0.3) is 0 Å². The van der Waals surface area contributed by atoms with Crippen molar-refractivity contribution in [2.24, 2.45) is 5.73 Å². The van der Waals surface area contributed by atoms with Crippen molar-refractivity contribution in [2.75, 3.05) is 14.2 Å². The summed E-state index contributed by atoms with van der Waals surface area (Å²) in [5.74, 6) is 0.397. The van der Waals surface area contributed by atoms with Gasteiger partial charge in [0.15, 0.2) is 0 Å². The summed E-state index contributed by atoms with van der Waals surface area (Å²) in [6.45, 7) is 1.96. The Kier molecular flexibility index (Phi) is 6.61. The van der Waals surface area contributed by atoms with Crippen LogP contribution >= 0.6 is 12.4 Å². The molecule has 0 fully saturated rings. The van der Waals surface area contributed by atoms with E-state index in [0.29, 0.717) is 6.42 Å². The molecule has 1 atom stereocenters. The zero-order valence-electron chi connectivity index (χ0n) is 10.2. The molecule has 0 amide bonds. The molecule has 0 saturated carbocycles. The molecule has 17 heavy (non-hydrogen) atoms. The standard InChI is InChI=1S/C12H17NO3.ClH/c1-8-4-5-9(7-11(8)15-2)6-10(13)12(14)16-3;/h4-5,7,10H,6,13H2,1-3H3;1H/t10-;/m1./s1. The van der Waals surface area contributed by atoms with Crippen molar-refractivity contribution in [2.45, 2.75) is 19.4 Å². The van der Waals surface area contributed by atoms with Crippen LogP contribution in [-0.4, -0.2) is 26.2 Å². The highest BCUT2D eigenvalue weighted by Crippen LogP contribution is 2.19. The minimum atomic E-state index is -0.627. The van der Waals surface area contributed by atoms with E-state index >= 15 is 0 Å². The third kappa shape index (κ3) is 4.24. The van der Waals surface area contributed by atoms with Gasteiger partial charge in [-0.25, -0.2) is 0 Å². The molecule has 1 rings (SSSR count). The van der Waals surface area contributed by atoms with Gasteiger partial charge in [0, 0.05) is 0 Å². The van der Waals surface area contributed by atoms with Crippen molar-refractivity contribution in [3.63, 3.8) is 0 Å². The van der Waals surface area contributed by atoms with E-state index in [2.05, 4.69) is 4.74 Å². The maximum absolute atomic E-state index is 11.2. The number of hydrogen-bond donors (Lipinski definition) is 1. The molecule has 0 heterocycles. The summed E-state index contributed by atoms with van der Waals surface area (Å²) in [6.07, 6.45) is 0.448. The van der Waals surface area contributed by atoms with Crippen molar-refractivity contribution in [1.82, 2.24) is 0 Å². The predicted octanol–water partition coefficient (Wildman–Crippen LogP) is 1.47. The van der Waals surface area contributed by atoms with Crippen LogP contribution in [0.4, 0.5) is 0 Å². The van der Waals surface area contributed by atoms with Gasteiger partial charge in [0.2, 0.25) is 0 Å². The molecule has 1 aromatic carbocycles. The summed E-state index contributed by atoms with van der Waals surface area (Å²) in [5.41, 5.74) is 7.69. The Balaban J connectivity index is 0.00000256. The number of aryl methyl sites for hydroxylation is 1. The number of rotatable bonds is 4. The van der Waals surface area contributed by atoms with E-state index in [0.717, 1.165) is 16.9 Å². The molecule has 0 saturated heterocycles. The first kappa shape index (κ1) is 15.7.